The number of nitrogens with zero attached hydrogens (tertiary/aromatic N) is 2. The third-order valence-corrected chi connectivity index (χ3v) is 7.50. The molecule has 0 bridgehead atoms. The standard InChI is InChI=1S/C29H24ClN5O5/c30-19-7-9-21-20(14-19)29(40-28(39)34-21)10-11-35(16-29)27(38)24(12-17-4-2-1-3-5-17)33-26(37)18-6-8-22-23(13-18)32-25(36)15-31-22/h1-9,13-15,24H,10-12,16H2,(H,32,36)(H,33,37)(H,34,39)/t24-,29?/m0/s1. The van der Waals surface area contributed by atoms with Crippen molar-refractivity contribution in [3.8, 4) is 0 Å². The third-order valence-electron chi connectivity index (χ3n) is 7.26. The summed E-state index contributed by atoms with van der Waals surface area (Å²) >= 11 is 6.26. The Morgan fingerprint density at radius 1 is 1.10 bits per heavy atom. The molecule has 202 valence electrons. The second-order valence-electron chi connectivity index (χ2n) is 9.90. The number of ether oxygens (including phenoxy) is 1. The van der Waals surface area contributed by atoms with E-state index < -0.39 is 23.6 Å². The highest BCUT2D eigenvalue weighted by Crippen LogP contribution is 2.43. The van der Waals surface area contributed by atoms with E-state index in [0.717, 1.165) is 5.56 Å². The number of aromatic amines is 1. The van der Waals surface area contributed by atoms with Gasteiger partial charge in [0.1, 0.15) is 6.04 Å². The van der Waals surface area contributed by atoms with Crippen LogP contribution in [0, 0.1) is 0 Å². The van der Waals surface area contributed by atoms with Crippen LogP contribution in [0.2, 0.25) is 5.02 Å². The molecular weight excluding hydrogens is 534 g/mol. The second kappa shape index (κ2) is 10.1. The zero-order chi connectivity index (χ0) is 27.9. The van der Waals surface area contributed by atoms with E-state index in [4.69, 9.17) is 16.3 Å². The van der Waals surface area contributed by atoms with Gasteiger partial charge in [0.05, 0.1) is 29.5 Å². The Morgan fingerprint density at radius 2 is 1.93 bits per heavy atom. The van der Waals surface area contributed by atoms with E-state index in [2.05, 4.69) is 20.6 Å². The fraction of sp³-hybridized carbons (Fsp3) is 0.207. The topological polar surface area (TPSA) is 133 Å². The normalized spacial score (nSPS) is 18.6. The van der Waals surface area contributed by atoms with Crippen LogP contribution in [0.15, 0.2) is 77.7 Å². The molecule has 3 aromatic carbocycles. The molecule has 3 amide bonds. The highest BCUT2D eigenvalue weighted by Gasteiger charge is 2.49. The van der Waals surface area contributed by atoms with E-state index >= 15 is 0 Å². The monoisotopic (exact) mass is 557 g/mol. The molecular formula is C29H24ClN5O5. The van der Waals surface area contributed by atoms with Crippen molar-refractivity contribution in [2.24, 2.45) is 0 Å². The Bertz CT molecular complexity index is 1710. The van der Waals surface area contributed by atoms with Crippen LogP contribution in [0.5, 0.6) is 0 Å². The average Bonchev–Trinajstić information content (AvgIpc) is 3.37. The summed E-state index contributed by atoms with van der Waals surface area (Å²) < 4.78 is 5.77. The zero-order valence-corrected chi connectivity index (χ0v) is 21.9. The molecule has 4 aromatic rings. The predicted octanol–water partition coefficient (Wildman–Crippen LogP) is 3.61. The minimum absolute atomic E-state index is 0.122. The number of hydrogen-bond acceptors (Lipinski definition) is 6. The highest BCUT2D eigenvalue weighted by molar-refractivity contribution is 6.30. The summed E-state index contributed by atoms with van der Waals surface area (Å²) in [6, 6.07) is 18.4. The van der Waals surface area contributed by atoms with E-state index in [0.29, 0.717) is 40.3 Å². The summed E-state index contributed by atoms with van der Waals surface area (Å²) in [6.07, 6.45) is 1.22. The molecule has 3 N–H and O–H groups in total. The molecule has 0 aliphatic carbocycles. The van der Waals surface area contributed by atoms with Gasteiger partial charge in [-0.2, -0.15) is 0 Å². The van der Waals surface area contributed by atoms with Crippen molar-refractivity contribution in [1.82, 2.24) is 20.2 Å². The maximum absolute atomic E-state index is 13.9. The summed E-state index contributed by atoms with van der Waals surface area (Å²) in [5, 5.41) is 6.06. The van der Waals surface area contributed by atoms with E-state index in [9.17, 15) is 19.2 Å². The lowest BCUT2D eigenvalue weighted by Gasteiger charge is -2.35. The van der Waals surface area contributed by atoms with Gasteiger partial charge in [0, 0.05) is 35.5 Å². The molecule has 2 aliphatic rings. The van der Waals surface area contributed by atoms with Gasteiger partial charge in [-0.15, -0.1) is 0 Å². The predicted molar refractivity (Wildman–Crippen MR) is 148 cm³/mol. The lowest BCUT2D eigenvalue weighted by molar-refractivity contribution is -0.133. The van der Waals surface area contributed by atoms with Gasteiger partial charge in [-0.05, 0) is 42.0 Å². The summed E-state index contributed by atoms with van der Waals surface area (Å²) in [7, 11) is 0. The molecule has 0 radical (unpaired) electrons. The number of rotatable bonds is 5. The number of anilines is 1. The van der Waals surface area contributed by atoms with Gasteiger partial charge in [0.25, 0.3) is 11.5 Å². The van der Waals surface area contributed by atoms with Crippen LogP contribution in [-0.4, -0.2) is 51.9 Å². The minimum atomic E-state index is -1.04. The molecule has 40 heavy (non-hydrogen) atoms. The van der Waals surface area contributed by atoms with Crippen molar-refractivity contribution >= 4 is 46.2 Å². The molecule has 0 saturated carbocycles. The quantitative estimate of drug-likeness (QED) is 0.343. The number of fused-ring (bicyclic) bond motifs is 3. The summed E-state index contributed by atoms with van der Waals surface area (Å²) in [6.45, 7) is 0.443. The first-order valence-corrected chi connectivity index (χ1v) is 13.1. The summed E-state index contributed by atoms with van der Waals surface area (Å²) in [5.41, 5.74) is 1.96. The third kappa shape index (κ3) is 4.89. The molecule has 11 heteroatoms. The fourth-order valence-electron chi connectivity index (χ4n) is 5.34. The Morgan fingerprint density at radius 3 is 2.75 bits per heavy atom. The Kier molecular flexibility index (Phi) is 6.47. The van der Waals surface area contributed by atoms with Gasteiger partial charge in [0.15, 0.2) is 5.60 Å². The van der Waals surface area contributed by atoms with Gasteiger partial charge in [-0.25, -0.2) is 9.78 Å². The molecule has 1 aromatic heterocycles. The minimum Gasteiger partial charge on any atom is -0.436 e. The molecule has 1 unspecified atom stereocenters. The Hall–Kier alpha value is -4.70. The number of carbonyl (C=O) groups is 3. The van der Waals surface area contributed by atoms with Crippen molar-refractivity contribution in [1.29, 1.82) is 0 Å². The van der Waals surface area contributed by atoms with E-state index in [-0.39, 0.29) is 30.0 Å². The summed E-state index contributed by atoms with van der Waals surface area (Å²) in [4.78, 5) is 59.7. The maximum atomic E-state index is 13.9. The molecule has 1 fully saturated rings. The van der Waals surface area contributed by atoms with Crippen LogP contribution in [0.3, 0.4) is 0 Å². The number of amides is 3. The fourth-order valence-corrected chi connectivity index (χ4v) is 5.51. The van der Waals surface area contributed by atoms with Gasteiger partial charge in [-0.3, -0.25) is 19.7 Å². The van der Waals surface area contributed by atoms with Crippen LogP contribution in [0.25, 0.3) is 11.0 Å². The van der Waals surface area contributed by atoms with Crippen LogP contribution in [-0.2, 0) is 21.6 Å². The molecule has 10 nitrogen and oxygen atoms in total. The highest BCUT2D eigenvalue weighted by atomic mass is 35.5. The van der Waals surface area contributed by atoms with E-state index in [1.807, 2.05) is 30.3 Å². The van der Waals surface area contributed by atoms with E-state index in [1.54, 1.807) is 35.2 Å². The van der Waals surface area contributed by atoms with Crippen LogP contribution in [0.4, 0.5) is 10.5 Å². The SMILES string of the molecule is O=C1Nc2ccc(Cl)cc2C2(CCN(C(=O)[C@H](Cc3ccccc3)NC(=O)c3ccc4ncc(=O)[nH]c4c3)C2)O1. The Balaban J connectivity index is 1.28. The van der Waals surface area contributed by atoms with Crippen molar-refractivity contribution in [2.45, 2.75) is 24.5 Å². The van der Waals surface area contributed by atoms with Crippen LogP contribution in [0.1, 0.15) is 27.9 Å². The van der Waals surface area contributed by atoms with Gasteiger partial charge in [-0.1, -0.05) is 41.9 Å². The number of halogens is 1. The summed E-state index contributed by atoms with van der Waals surface area (Å²) in [5.74, 6) is -0.775. The number of H-pyrrole nitrogens is 1. The van der Waals surface area contributed by atoms with Crippen molar-refractivity contribution in [3.63, 3.8) is 0 Å². The number of likely N-dealkylation sites (tertiary alicyclic amines) is 1. The van der Waals surface area contributed by atoms with Crippen LogP contribution < -0.4 is 16.2 Å². The largest absolute Gasteiger partial charge is 0.436 e. The zero-order valence-electron chi connectivity index (χ0n) is 21.1. The second-order valence-corrected chi connectivity index (χ2v) is 10.3. The molecule has 2 atom stereocenters. The van der Waals surface area contributed by atoms with Gasteiger partial charge >= 0.3 is 6.09 Å². The Labute approximate surface area is 233 Å². The number of nitrogens with one attached hydrogen (secondary N) is 3. The van der Waals surface area contributed by atoms with Gasteiger partial charge in [0.2, 0.25) is 5.91 Å². The number of carbonyl (C=O) groups excluding carboxylic acids is 3. The molecule has 1 spiro atoms. The first kappa shape index (κ1) is 25.6. The maximum Gasteiger partial charge on any atom is 0.412 e. The smallest absolute Gasteiger partial charge is 0.412 e. The molecule has 2 aliphatic heterocycles. The average molecular weight is 558 g/mol. The number of benzene rings is 3. The van der Waals surface area contributed by atoms with Gasteiger partial charge < -0.3 is 19.9 Å². The molecule has 6 rings (SSSR count). The lowest BCUT2D eigenvalue weighted by atomic mass is 9.90. The first-order chi connectivity index (χ1) is 19.3. The first-order valence-electron chi connectivity index (χ1n) is 12.7. The molecule has 3 heterocycles. The van der Waals surface area contributed by atoms with Crippen molar-refractivity contribution in [3.05, 3.63) is 105 Å². The van der Waals surface area contributed by atoms with Crippen LogP contribution >= 0.6 is 11.6 Å². The van der Waals surface area contributed by atoms with E-state index in [1.165, 1.54) is 12.3 Å². The lowest BCUT2D eigenvalue weighted by Crippen LogP contribution is -2.50. The number of aromatic nitrogens is 2. The van der Waals surface area contributed by atoms with Crippen molar-refractivity contribution in [2.75, 3.05) is 18.4 Å². The number of hydrogen-bond donors (Lipinski definition) is 3. The molecule has 1 saturated heterocycles. The van der Waals surface area contributed by atoms with Crippen molar-refractivity contribution < 1.29 is 19.1 Å².